The molecule has 2 aromatic heterocycles. The van der Waals surface area contributed by atoms with Crippen LogP contribution in [0.15, 0.2) is 67.5 Å². The highest BCUT2D eigenvalue weighted by Gasteiger charge is 2.02. The van der Waals surface area contributed by atoms with Gasteiger partial charge >= 0.3 is 0 Å². The van der Waals surface area contributed by atoms with Crippen LogP contribution < -0.4 is 5.32 Å². The first-order valence-corrected chi connectivity index (χ1v) is 6.13. The van der Waals surface area contributed by atoms with Crippen molar-refractivity contribution in [2.24, 2.45) is 0 Å². The van der Waals surface area contributed by atoms with Crippen molar-refractivity contribution >= 4 is 5.69 Å². The van der Waals surface area contributed by atoms with Crippen molar-refractivity contribution in [3.8, 4) is 5.69 Å². The van der Waals surface area contributed by atoms with Gasteiger partial charge in [0.1, 0.15) is 0 Å². The molecule has 0 aliphatic heterocycles. The van der Waals surface area contributed by atoms with E-state index in [1.54, 1.807) is 24.9 Å². The van der Waals surface area contributed by atoms with Crippen LogP contribution in [0.1, 0.15) is 5.56 Å². The molecule has 1 N–H and O–H groups in total. The molecule has 0 aliphatic rings. The van der Waals surface area contributed by atoms with Crippen molar-refractivity contribution in [3.63, 3.8) is 0 Å². The second-order valence-corrected chi connectivity index (χ2v) is 4.20. The van der Waals surface area contributed by atoms with Gasteiger partial charge in [0, 0.05) is 31.3 Å². The predicted octanol–water partition coefficient (Wildman–Crippen LogP) is 2.88. The molecule has 0 atom stereocenters. The Labute approximate surface area is 111 Å². The van der Waals surface area contributed by atoms with Gasteiger partial charge < -0.3 is 9.88 Å². The molecule has 1 aromatic carbocycles. The predicted molar refractivity (Wildman–Crippen MR) is 75.1 cm³/mol. The molecule has 19 heavy (non-hydrogen) atoms. The van der Waals surface area contributed by atoms with Crippen LogP contribution in [0.4, 0.5) is 5.69 Å². The molecule has 4 nitrogen and oxygen atoms in total. The number of para-hydroxylation sites is 2. The van der Waals surface area contributed by atoms with E-state index in [0.29, 0.717) is 0 Å². The third-order valence-electron chi connectivity index (χ3n) is 2.92. The first-order chi connectivity index (χ1) is 9.43. The molecule has 0 amide bonds. The van der Waals surface area contributed by atoms with Crippen LogP contribution in [-0.4, -0.2) is 14.5 Å². The number of imidazole rings is 1. The van der Waals surface area contributed by atoms with Crippen LogP contribution in [-0.2, 0) is 6.54 Å². The first-order valence-electron chi connectivity index (χ1n) is 6.13. The number of hydrogen-bond donors (Lipinski definition) is 1. The standard InChI is InChI=1S/C15H14N4/c1-2-4-15(19-10-9-17-12-19)14(3-1)18-11-13-5-7-16-8-6-13/h1-10,12,18H,11H2. The summed E-state index contributed by atoms with van der Waals surface area (Å²) in [6.45, 7) is 0.772. The Morgan fingerprint density at radius 1 is 0.947 bits per heavy atom. The van der Waals surface area contributed by atoms with E-state index in [1.165, 1.54) is 5.56 Å². The first kappa shape index (κ1) is 11.5. The van der Waals surface area contributed by atoms with Gasteiger partial charge in [0.25, 0.3) is 0 Å². The van der Waals surface area contributed by atoms with Crippen molar-refractivity contribution in [1.82, 2.24) is 14.5 Å². The Balaban J connectivity index is 1.82. The van der Waals surface area contributed by atoms with E-state index in [2.05, 4.69) is 27.4 Å². The summed E-state index contributed by atoms with van der Waals surface area (Å²) in [5.41, 5.74) is 3.38. The number of benzene rings is 1. The minimum absolute atomic E-state index is 0.772. The van der Waals surface area contributed by atoms with Crippen LogP contribution >= 0.6 is 0 Å². The third kappa shape index (κ3) is 2.63. The molecule has 0 aliphatic carbocycles. The number of hydrogen-bond acceptors (Lipinski definition) is 3. The van der Waals surface area contributed by atoms with E-state index in [-0.39, 0.29) is 0 Å². The number of nitrogens with zero attached hydrogens (tertiary/aromatic N) is 3. The van der Waals surface area contributed by atoms with Gasteiger partial charge in [0.2, 0.25) is 0 Å². The van der Waals surface area contributed by atoms with E-state index < -0.39 is 0 Å². The minimum atomic E-state index is 0.772. The van der Waals surface area contributed by atoms with Gasteiger partial charge in [0.15, 0.2) is 0 Å². The summed E-state index contributed by atoms with van der Waals surface area (Å²) in [5.74, 6) is 0. The fourth-order valence-electron chi connectivity index (χ4n) is 1.95. The maximum Gasteiger partial charge on any atom is 0.0992 e. The SMILES string of the molecule is c1ccc(-n2ccnc2)c(NCc2ccncc2)c1. The summed E-state index contributed by atoms with van der Waals surface area (Å²) in [6, 6.07) is 12.2. The second-order valence-electron chi connectivity index (χ2n) is 4.20. The third-order valence-corrected chi connectivity index (χ3v) is 2.92. The highest BCUT2D eigenvalue weighted by molar-refractivity contribution is 5.61. The van der Waals surface area contributed by atoms with Crippen LogP contribution in [0.25, 0.3) is 5.69 Å². The van der Waals surface area contributed by atoms with Crippen LogP contribution in [0.5, 0.6) is 0 Å². The Hall–Kier alpha value is -2.62. The topological polar surface area (TPSA) is 42.7 Å². The summed E-state index contributed by atoms with van der Waals surface area (Å²) in [5, 5.41) is 3.44. The molecule has 3 rings (SSSR count). The van der Waals surface area contributed by atoms with Gasteiger partial charge in [-0.2, -0.15) is 0 Å². The average Bonchev–Trinajstić information content (AvgIpc) is 3.01. The molecule has 0 unspecified atom stereocenters. The molecule has 0 bridgehead atoms. The molecule has 94 valence electrons. The Kier molecular flexibility index (Phi) is 3.23. The second kappa shape index (κ2) is 5.35. The van der Waals surface area contributed by atoms with Crippen LogP contribution in [0.2, 0.25) is 0 Å². The van der Waals surface area contributed by atoms with Gasteiger partial charge in [-0.25, -0.2) is 4.98 Å². The number of rotatable bonds is 4. The molecule has 3 aromatic rings. The molecular formula is C15H14N4. The number of pyridine rings is 1. The van der Waals surface area contributed by atoms with E-state index in [0.717, 1.165) is 17.9 Å². The zero-order valence-corrected chi connectivity index (χ0v) is 10.4. The number of anilines is 1. The van der Waals surface area contributed by atoms with Crippen LogP contribution in [0, 0.1) is 0 Å². The summed E-state index contributed by atoms with van der Waals surface area (Å²) >= 11 is 0. The quantitative estimate of drug-likeness (QED) is 0.774. The van der Waals surface area contributed by atoms with Crippen molar-refractivity contribution in [1.29, 1.82) is 0 Å². The molecule has 0 fully saturated rings. The van der Waals surface area contributed by atoms with E-state index in [4.69, 9.17) is 0 Å². The fourth-order valence-corrected chi connectivity index (χ4v) is 1.95. The van der Waals surface area contributed by atoms with Crippen LogP contribution in [0.3, 0.4) is 0 Å². The van der Waals surface area contributed by atoms with Gasteiger partial charge in [0.05, 0.1) is 17.7 Å². The highest BCUT2D eigenvalue weighted by Crippen LogP contribution is 2.20. The summed E-state index contributed by atoms with van der Waals surface area (Å²) in [7, 11) is 0. The normalized spacial score (nSPS) is 10.3. The Morgan fingerprint density at radius 2 is 1.79 bits per heavy atom. The maximum atomic E-state index is 4.08. The number of nitrogens with one attached hydrogen (secondary N) is 1. The summed E-state index contributed by atoms with van der Waals surface area (Å²) in [4.78, 5) is 8.10. The summed E-state index contributed by atoms with van der Waals surface area (Å²) in [6.07, 6.45) is 9.12. The Bertz CT molecular complexity index is 632. The zero-order chi connectivity index (χ0) is 12.9. The smallest absolute Gasteiger partial charge is 0.0992 e. The monoisotopic (exact) mass is 250 g/mol. The number of aromatic nitrogens is 3. The zero-order valence-electron chi connectivity index (χ0n) is 10.4. The van der Waals surface area contributed by atoms with Gasteiger partial charge in [-0.1, -0.05) is 12.1 Å². The van der Waals surface area contributed by atoms with Gasteiger partial charge in [-0.3, -0.25) is 4.98 Å². The molecule has 0 saturated heterocycles. The van der Waals surface area contributed by atoms with Crippen molar-refractivity contribution in [2.75, 3.05) is 5.32 Å². The largest absolute Gasteiger partial charge is 0.379 e. The van der Waals surface area contributed by atoms with E-state index in [1.807, 2.05) is 35.0 Å². The molecule has 0 radical (unpaired) electrons. The lowest BCUT2D eigenvalue weighted by molar-refractivity contribution is 1.04. The minimum Gasteiger partial charge on any atom is -0.379 e. The van der Waals surface area contributed by atoms with E-state index in [9.17, 15) is 0 Å². The average molecular weight is 250 g/mol. The molecule has 2 heterocycles. The van der Waals surface area contributed by atoms with Crippen molar-refractivity contribution in [2.45, 2.75) is 6.54 Å². The van der Waals surface area contributed by atoms with Crippen molar-refractivity contribution in [3.05, 3.63) is 73.1 Å². The molecule has 4 heteroatoms. The maximum absolute atomic E-state index is 4.08. The molecule has 0 saturated carbocycles. The van der Waals surface area contributed by atoms with Crippen molar-refractivity contribution < 1.29 is 0 Å². The molecule has 0 spiro atoms. The van der Waals surface area contributed by atoms with Gasteiger partial charge in [-0.05, 0) is 29.8 Å². The lowest BCUT2D eigenvalue weighted by Crippen LogP contribution is -2.03. The lowest BCUT2D eigenvalue weighted by Gasteiger charge is -2.12. The lowest BCUT2D eigenvalue weighted by atomic mass is 10.2. The highest BCUT2D eigenvalue weighted by atomic mass is 15.0. The van der Waals surface area contributed by atoms with E-state index >= 15 is 0 Å². The summed E-state index contributed by atoms with van der Waals surface area (Å²) < 4.78 is 1.99. The van der Waals surface area contributed by atoms with Gasteiger partial charge in [-0.15, -0.1) is 0 Å². The molecular weight excluding hydrogens is 236 g/mol. The fraction of sp³-hybridized carbons (Fsp3) is 0.0667. The Morgan fingerprint density at radius 3 is 2.58 bits per heavy atom.